The van der Waals surface area contributed by atoms with E-state index in [9.17, 15) is 17.2 Å². The third-order valence-corrected chi connectivity index (χ3v) is 5.04. The highest BCUT2D eigenvalue weighted by Crippen LogP contribution is 2.25. The molecule has 0 amide bonds. The monoisotopic (exact) mass is 330 g/mol. The molecule has 10 heteroatoms. The summed E-state index contributed by atoms with van der Waals surface area (Å²) in [5.41, 5.74) is 5.54. The van der Waals surface area contributed by atoms with Crippen molar-refractivity contribution in [3.8, 4) is 0 Å². The summed E-state index contributed by atoms with van der Waals surface area (Å²) in [6, 6.07) is -0.219. The SMILES string of the molecule is Cl.NCC1CCCN1S(=O)(=O)c1cnn(CC(F)F)c1. The summed E-state index contributed by atoms with van der Waals surface area (Å²) >= 11 is 0. The first kappa shape index (κ1) is 17.3. The van der Waals surface area contributed by atoms with Crippen LogP contribution in [0.5, 0.6) is 0 Å². The summed E-state index contributed by atoms with van der Waals surface area (Å²) in [5, 5.41) is 3.64. The van der Waals surface area contributed by atoms with Gasteiger partial charge in [-0.2, -0.15) is 9.40 Å². The normalized spacial score (nSPS) is 20.3. The molecule has 20 heavy (non-hydrogen) atoms. The fourth-order valence-electron chi connectivity index (χ4n) is 2.22. The van der Waals surface area contributed by atoms with E-state index >= 15 is 0 Å². The van der Waals surface area contributed by atoms with Gasteiger partial charge in [-0.05, 0) is 12.8 Å². The minimum atomic E-state index is -3.69. The van der Waals surface area contributed by atoms with E-state index in [1.807, 2.05) is 0 Å². The lowest BCUT2D eigenvalue weighted by Crippen LogP contribution is -2.39. The van der Waals surface area contributed by atoms with Gasteiger partial charge >= 0.3 is 0 Å². The molecule has 1 atom stereocenters. The van der Waals surface area contributed by atoms with Crippen LogP contribution in [0.15, 0.2) is 17.3 Å². The second-order valence-corrected chi connectivity index (χ2v) is 6.33. The molecule has 1 aromatic rings. The van der Waals surface area contributed by atoms with Gasteiger partial charge in [0.15, 0.2) is 0 Å². The number of halogens is 3. The maximum atomic E-state index is 12.3. The third kappa shape index (κ3) is 3.46. The van der Waals surface area contributed by atoms with Crippen LogP contribution in [0.25, 0.3) is 0 Å². The smallest absolute Gasteiger partial charge is 0.257 e. The van der Waals surface area contributed by atoms with Crippen molar-refractivity contribution in [3.05, 3.63) is 12.4 Å². The molecule has 116 valence electrons. The standard InChI is InChI=1S/C10H16F2N4O2S.ClH/c11-10(12)7-15-6-9(5-14-15)19(17,18)16-3-1-2-8(16)4-13;/h5-6,8,10H,1-4,7,13H2;1H. The Balaban J connectivity index is 0.00000200. The zero-order chi connectivity index (χ0) is 14.0. The van der Waals surface area contributed by atoms with Gasteiger partial charge in [0.05, 0.1) is 6.20 Å². The third-order valence-electron chi connectivity index (χ3n) is 3.14. The Labute approximate surface area is 122 Å². The van der Waals surface area contributed by atoms with E-state index in [2.05, 4.69) is 5.10 Å². The Kier molecular flexibility index (Phi) is 5.87. The van der Waals surface area contributed by atoms with Crippen LogP contribution in [0, 0.1) is 0 Å². The number of hydrogen-bond donors (Lipinski definition) is 1. The van der Waals surface area contributed by atoms with Gasteiger partial charge in [-0.3, -0.25) is 4.68 Å². The Morgan fingerprint density at radius 1 is 1.50 bits per heavy atom. The number of nitrogens with zero attached hydrogens (tertiary/aromatic N) is 3. The van der Waals surface area contributed by atoms with Gasteiger partial charge in [0.25, 0.3) is 6.43 Å². The molecule has 0 bridgehead atoms. The van der Waals surface area contributed by atoms with Crippen molar-refractivity contribution in [1.29, 1.82) is 0 Å². The van der Waals surface area contributed by atoms with E-state index in [-0.39, 0.29) is 29.9 Å². The lowest BCUT2D eigenvalue weighted by atomic mass is 10.2. The van der Waals surface area contributed by atoms with Gasteiger partial charge in [-0.1, -0.05) is 0 Å². The van der Waals surface area contributed by atoms with Crippen LogP contribution in [0.2, 0.25) is 0 Å². The van der Waals surface area contributed by atoms with Crippen LogP contribution < -0.4 is 5.73 Å². The summed E-state index contributed by atoms with van der Waals surface area (Å²) in [4.78, 5) is -0.0616. The Morgan fingerprint density at radius 2 is 2.20 bits per heavy atom. The van der Waals surface area contributed by atoms with E-state index in [4.69, 9.17) is 5.73 Å². The quantitative estimate of drug-likeness (QED) is 0.861. The van der Waals surface area contributed by atoms with Crippen LogP contribution >= 0.6 is 12.4 Å². The average molecular weight is 331 g/mol. The lowest BCUT2D eigenvalue weighted by Gasteiger charge is -2.21. The summed E-state index contributed by atoms with van der Waals surface area (Å²) in [5.74, 6) is 0. The highest BCUT2D eigenvalue weighted by molar-refractivity contribution is 7.89. The Morgan fingerprint density at radius 3 is 2.80 bits per heavy atom. The second-order valence-electron chi connectivity index (χ2n) is 4.44. The van der Waals surface area contributed by atoms with Gasteiger partial charge in [0, 0.05) is 25.3 Å². The molecule has 1 fully saturated rings. The molecular weight excluding hydrogens is 314 g/mol. The average Bonchev–Trinajstić information content (AvgIpc) is 2.95. The molecule has 1 aliphatic heterocycles. The fourth-order valence-corrected chi connectivity index (χ4v) is 3.88. The van der Waals surface area contributed by atoms with Gasteiger partial charge in [-0.15, -0.1) is 12.4 Å². The summed E-state index contributed by atoms with van der Waals surface area (Å²) in [6.45, 7) is 0.0461. The molecule has 1 saturated heterocycles. The van der Waals surface area contributed by atoms with E-state index in [1.54, 1.807) is 0 Å². The van der Waals surface area contributed by atoms with Crippen molar-refractivity contribution in [2.75, 3.05) is 13.1 Å². The van der Waals surface area contributed by atoms with Crippen LogP contribution in [0.4, 0.5) is 8.78 Å². The summed E-state index contributed by atoms with van der Waals surface area (Å²) < 4.78 is 51.3. The summed E-state index contributed by atoms with van der Waals surface area (Å²) in [6.07, 6.45) is 1.14. The van der Waals surface area contributed by atoms with Crippen LogP contribution in [0.1, 0.15) is 12.8 Å². The van der Waals surface area contributed by atoms with Crippen molar-refractivity contribution in [3.63, 3.8) is 0 Å². The molecule has 2 heterocycles. The van der Waals surface area contributed by atoms with Crippen LogP contribution in [-0.4, -0.2) is 48.1 Å². The number of sulfonamides is 1. The number of nitrogens with two attached hydrogens (primary N) is 1. The Bertz CT molecular complexity index is 537. The fraction of sp³-hybridized carbons (Fsp3) is 0.700. The van der Waals surface area contributed by atoms with Crippen molar-refractivity contribution in [1.82, 2.24) is 14.1 Å². The largest absolute Gasteiger partial charge is 0.329 e. The number of hydrogen-bond acceptors (Lipinski definition) is 4. The minimum absolute atomic E-state index is 0. The van der Waals surface area contributed by atoms with Crippen molar-refractivity contribution >= 4 is 22.4 Å². The summed E-state index contributed by atoms with van der Waals surface area (Å²) in [7, 11) is -3.69. The van der Waals surface area contributed by atoms with Crippen molar-refractivity contribution < 1.29 is 17.2 Å². The van der Waals surface area contributed by atoms with Gasteiger partial charge < -0.3 is 5.73 Å². The van der Waals surface area contributed by atoms with Crippen molar-refractivity contribution in [2.45, 2.75) is 36.7 Å². The number of alkyl halides is 2. The molecule has 1 aliphatic rings. The lowest BCUT2D eigenvalue weighted by molar-refractivity contribution is 0.121. The molecule has 1 unspecified atom stereocenters. The molecule has 0 radical (unpaired) electrons. The zero-order valence-electron chi connectivity index (χ0n) is 10.7. The van der Waals surface area contributed by atoms with E-state index in [0.29, 0.717) is 6.54 Å². The van der Waals surface area contributed by atoms with E-state index < -0.39 is 23.0 Å². The highest BCUT2D eigenvalue weighted by Gasteiger charge is 2.35. The minimum Gasteiger partial charge on any atom is -0.329 e. The molecule has 0 aromatic carbocycles. The first-order chi connectivity index (χ1) is 8.95. The van der Waals surface area contributed by atoms with Crippen LogP contribution in [0.3, 0.4) is 0 Å². The first-order valence-electron chi connectivity index (χ1n) is 5.97. The first-order valence-corrected chi connectivity index (χ1v) is 7.41. The molecule has 2 rings (SSSR count). The highest BCUT2D eigenvalue weighted by atomic mass is 35.5. The molecule has 0 aliphatic carbocycles. The van der Waals surface area contributed by atoms with Gasteiger partial charge in [0.2, 0.25) is 10.0 Å². The molecule has 1 aromatic heterocycles. The van der Waals surface area contributed by atoms with Crippen molar-refractivity contribution in [2.24, 2.45) is 5.73 Å². The zero-order valence-corrected chi connectivity index (χ0v) is 12.3. The topological polar surface area (TPSA) is 81.2 Å². The number of rotatable bonds is 5. The molecule has 6 nitrogen and oxygen atoms in total. The maximum absolute atomic E-state index is 12.3. The number of aromatic nitrogens is 2. The molecule has 0 spiro atoms. The predicted molar refractivity (Wildman–Crippen MR) is 71.4 cm³/mol. The van der Waals surface area contributed by atoms with Crippen LogP contribution in [-0.2, 0) is 16.6 Å². The molecule has 0 saturated carbocycles. The predicted octanol–water partition coefficient (Wildman–Crippen LogP) is 0.682. The van der Waals surface area contributed by atoms with Gasteiger partial charge in [0.1, 0.15) is 11.4 Å². The van der Waals surface area contributed by atoms with Gasteiger partial charge in [-0.25, -0.2) is 17.2 Å². The molecular formula is C10H17ClF2N4O2S. The molecule has 2 N–H and O–H groups in total. The Hall–Kier alpha value is -0.770. The van der Waals surface area contributed by atoms with E-state index in [1.165, 1.54) is 4.31 Å². The maximum Gasteiger partial charge on any atom is 0.257 e. The van der Waals surface area contributed by atoms with E-state index in [0.717, 1.165) is 29.9 Å². The second kappa shape index (κ2) is 6.79.